The van der Waals surface area contributed by atoms with Crippen LogP contribution >= 0.6 is 0 Å². The van der Waals surface area contributed by atoms with E-state index in [0.29, 0.717) is 11.4 Å². The first-order valence-corrected chi connectivity index (χ1v) is 9.38. The van der Waals surface area contributed by atoms with Gasteiger partial charge >= 0.3 is 0 Å². The Hall–Kier alpha value is -1.41. The minimum atomic E-state index is -3.65. The molecular weight excluding hydrogens is 300 g/mol. The summed E-state index contributed by atoms with van der Waals surface area (Å²) in [6.45, 7) is 2.18. The number of hydrogen-bond acceptors (Lipinski definition) is 5. The lowest BCUT2D eigenvalue weighted by molar-refractivity contribution is 0.414. The first-order chi connectivity index (χ1) is 9.31. The van der Waals surface area contributed by atoms with Gasteiger partial charge in [-0.25, -0.2) is 8.42 Å². The van der Waals surface area contributed by atoms with Gasteiger partial charge in [-0.2, -0.15) is 8.42 Å². The summed E-state index contributed by atoms with van der Waals surface area (Å²) < 4.78 is 51.2. The monoisotopic (exact) mass is 314 g/mol. The SMILES string of the molecule is CC1CN(C2=NS(=O)(=O)c3ccccc32)CCS1(=O)=O. The molecule has 0 aliphatic carbocycles. The lowest BCUT2D eigenvalue weighted by Gasteiger charge is -2.32. The minimum absolute atomic E-state index is 0.0232. The fourth-order valence-corrected chi connectivity index (χ4v) is 4.97. The number of sulfone groups is 1. The summed E-state index contributed by atoms with van der Waals surface area (Å²) in [6.07, 6.45) is 0. The van der Waals surface area contributed by atoms with Crippen LogP contribution in [0.25, 0.3) is 0 Å². The Bertz CT molecular complexity index is 797. The van der Waals surface area contributed by atoms with E-state index in [1.165, 1.54) is 6.07 Å². The lowest BCUT2D eigenvalue weighted by Crippen LogP contribution is -2.48. The Morgan fingerprint density at radius 1 is 1.20 bits per heavy atom. The molecular formula is C12H14N2O4S2. The molecule has 0 radical (unpaired) electrons. The molecule has 2 aliphatic rings. The smallest absolute Gasteiger partial charge is 0.285 e. The van der Waals surface area contributed by atoms with Crippen LogP contribution in [0.3, 0.4) is 0 Å². The Kier molecular flexibility index (Phi) is 2.91. The van der Waals surface area contributed by atoms with Gasteiger partial charge in [0.1, 0.15) is 4.90 Å². The van der Waals surface area contributed by atoms with Crippen LogP contribution in [0.4, 0.5) is 0 Å². The highest BCUT2D eigenvalue weighted by atomic mass is 32.2. The fourth-order valence-electron chi connectivity index (χ4n) is 2.46. The molecule has 8 heteroatoms. The van der Waals surface area contributed by atoms with Crippen molar-refractivity contribution in [3.05, 3.63) is 29.8 Å². The molecule has 2 aliphatic heterocycles. The van der Waals surface area contributed by atoms with Gasteiger partial charge in [-0.15, -0.1) is 4.40 Å². The summed E-state index contributed by atoms with van der Waals surface area (Å²) in [7, 11) is -6.73. The molecule has 2 heterocycles. The van der Waals surface area contributed by atoms with Gasteiger partial charge in [-0.1, -0.05) is 12.1 Å². The van der Waals surface area contributed by atoms with E-state index < -0.39 is 25.1 Å². The van der Waals surface area contributed by atoms with Crippen LogP contribution < -0.4 is 0 Å². The summed E-state index contributed by atoms with van der Waals surface area (Å²) >= 11 is 0. The highest BCUT2D eigenvalue weighted by Crippen LogP contribution is 2.28. The lowest BCUT2D eigenvalue weighted by atomic mass is 10.2. The van der Waals surface area contributed by atoms with Gasteiger partial charge in [0, 0.05) is 18.7 Å². The summed E-state index contributed by atoms with van der Waals surface area (Å²) in [4.78, 5) is 1.94. The van der Waals surface area contributed by atoms with Gasteiger partial charge in [0.2, 0.25) is 0 Å². The van der Waals surface area contributed by atoms with Crippen LogP contribution in [0.15, 0.2) is 33.6 Å². The summed E-state index contributed by atoms with van der Waals surface area (Å²) in [6, 6.07) is 6.62. The highest BCUT2D eigenvalue weighted by molar-refractivity contribution is 7.92. The van der Waals surface area contributed by atoms with Crippen molar-refractivity contribution in [2.45, 2.75) is 17.1 Å². The second-order valence-electron chi connectivity index (χ2n) is 5.01. The largest absolute Gasteiger partial charge is 0.353 e. The van der Waals surface area contributed by atoms with Crippen molar-refractivity contribution in [1.82, 2.24) is 4.90 Å². The Labute approximate surface area is 118 Å². The van der Waals surface area contributed by atoms with Gasteiger partial charge in [0.25, 0.3) is 10.0 Å². The van der Waals surface area contributed by atoms with Crippen molar-refractivity contribution < 1.29 is 16.8 Å². The van der Waals surface area contributed by atoms with E-state index in [0.717, 1.165) is 0 Å². The molecule has 3 rings (SSSR count). The molecule has 1 saturated heterocycles. The van der Waals surface area contributed by atoms with Crippen molar-refractivity contribution >= 4 is 25.7 Å². The number of sulfonamides is 1. The molecule has 0 spiro atoms. The minimum Gasteiger partial charge on any atom is -0.353 e. The van der Waals surface area contributed by atoms with E-state index in [2.05, 4.69) is 4.40 Å². The molecule has 1 atom stereocenters. The van der Waals surface area contributed by atoms with Crippen molar-refractivity contribution in [2.24, 2.45) is 4.40 Å². The number of hydrogen-bond donors (Lipinski definition) is 0. The van der Waals surface area contributed by atoms with Crippen molar-refractivity contribution in [3.8, 4) is 0 Å². The summed E-state index contributed by atoms with van der Waals surface area (Å²) in [5.41, 5.74) is 0.555. The normalized spacial score (nSPS) is 26.9. The molecule has 0 amide bonds. The zero-order valence-corrected chi connectivity index (χ0v) is 12.5. The number of fused-ring (bicyclic) bond motifs is 1. The van der Waals surface area contributed by atoms with Crippen LogP contribution in [-0.4, -0.2) is 51.7 Å². The Balaban J connectivity index is 2.01. The second-order valence-corrected chi connectivity index (χ2v) is 9.12. The molecule has 0 bridgehead atoms. The van der Waals surface area contributed by atoms with Crippen molar-refractivity contribution in [2.75, 3.05) is 18.8 Å². The number of benzene rings is 1. The molecule has 0 saturated carbocycles. The third-order valence-corrected chi connectivity index (χ3v) is 7.10. The summed E-state index contributed by atoms with van der Waals surface area (Å²) in [5, 5.41) is -0.519. The number of amidine groups is 1. The van der Waals surface area contributed by atoms with Crippen LogP contribution in [0.1, 0.15) is 12.5 Å². The molecule has 0 aromatic heterocycles. The molecule has 6 nitrogen and oxygen atoms in total. The second kappa shape index (κ2) is 4.29. The van der Waals surface area contributed by atoms with Crippen molar-refractivity contribution in [1.29, 1.82) is 0 Å². The van der Waals surface area contributed by atoms with Crippen LogP contribution in [0, 0.1) is 0 Å². The third kappa shape index (κ3) is 2.03. The first-order valence-electron chi connectivity index (χ1n) is 6.22. The van der Waals surface area contributed by atoms with E-state index in [-0.39, 0.29) is 23.7 Å². The zero-order chi connectivity index (χ0) is 14.5. The number of rotatable bonds is 0. The maximum Gasteiger partial charge on any atom is 0.285 e. The Morgan fingerprint density at radius 2 is 1.90 bits per heavy atom. The summed E-state index contributed by atoms with van der Waals surface area (Å²) in [5.74, 6) is 0.387. The highest BCUT2D eigenvalue weighted by Gasteiger charge is 2.36. The molecule has 20 heavy (non-hydrogen) atoms. The molecule has 1 unspecified atom stereocenters. The first kappa shape index (κ1) is 13.6. The van der Waals surface area contributed by atoms with E-state index in [4.69, 9.17) is 0 Å². The topological polar surface area (TPSA) is 83.9 Å². The van der Waals surface area contributed by atoms with Crippen LogP contribution in [0.5, 0.6) is 0 Å². The maximum atomic E-state index is 12.0. The zero-order valence-electron chi connectivity index (χ0n) is 10.9. The number of nitrogens with zero attached hydrogens (tertiary/aromatic N) is 2. The van der Waals surface area contributed by atoms with E-state index >= 15 is 0 Å². The van der Waals surface area contributed by atoms with Gasteiger partial charge in [-0.05, 0) is 19.1 Å². The predicted molar refractivity (Wildman–Crippen MR) is 75.0 cm³/mol. The third-order valence-electron chi connectivity index (χ3n) is 3.65. The van der Waals surface area contributed by atoms with Crippen LogP contribution in [0.2, 0.25) is 0 Å². The average molecular weight is 314 g/mol. The van der Waals surface area contributed by atoms with Crippen molar-refractivity contribution in [3.63, 3.8) is 0 Å². The Morgan fingerprint density at radius 3 is 2.60 bits per heavy atom. The predicted octanol–water partition coefficient (Wildman–Crippen LogP) is 0.254. The molecule has 1 aromatic rings. The molecule has 0 N–H and O–H groups in total. The van der Waals surface area contributed by atoms with E-state index in [1.807, 2.05) is 0 Å². The standard InChI is InChI=1S/C12H14N2O4S2/c1-9-8-14(6-7-19(9,15)16)12-10-4-2-3-5-11(10)20(17,18)13-12/h2-5,9H,6-8H2,1H3. The quantitative estimate of drug-likeness (QED) is 0.685. The van der Waals surface area contributed by atoms with Gasteiger partial charge < -0.3 is 4.90 Å². The average Bonchev–Trinajstić information content (AvgIpc) is 2.66. The van der Waals surface area contributed by atoms with Gasteiger partial charge in [0.05, 0.1) is 11.0 Å². The molecule has 108 valence electrons. The van der Waals surface area contributed by atoms with E-state index in [1.54, 1.807) is 30.0 Å². The molecule has 1 aromatic carbocycles. The maximum absolute atomic E-state index is 12.0. The molecule has 1 fully saturated rings. The van der Waals surface area contributed by atoms with Crippen LogP contribution in [-0.2, 0) is 19.9 Å². The van der Waals surface area contributed by atoms with E-state index in [9.17, 15) is 16.8 Å². The van der Waals surface area contributed by atoms with Gasteiger partial charge in [-0.3, -0.25) is 0 Å². The van der Waals surface area contributed by atoms with Gasteiger partial charge in [0.15, 0.2) is 15.7 Å². The fraction of sp³-hybridized carbons (Fsp3) is 0.417.